The first-order valence-electron chi connectivity index (χ1n) is 33.4. The van der Waals surface area contributed by atoms with Gasteiger partial charge in [0.15, 0.2) is 0 Å². The van der Waals surface area contributed by atoms with E-state index in [2.05, 4.69) is 146 Å². The van der Waals surface area contributed by atoms with Crippen molar-refractivity contribution >= 4 is 67.0 Å². The number of hydrogen-bond donors (Lipinski definition) is 0. The van der Waals surface area contributed by atoms with Crippen LogP contribution in [0.1, 0.15) is 223 Å². The van der Waals surface area contributed by atoms with Crippen LogP contribution in [0.25, 0.3) is 43.1 Å². The number of esters is 4. The molecule has 8 aromatic carbocycles. The molecule has 90 heavy (non-hydrogen) atoms. The number of benzene rings is 8. The number of fused-ring (bicyclic) bond motifs is 4. The highest BCUT2D eigenvalue weighted by molar-refractivity contribution is 5.87. The monoisotopic (exact) mass is 1220 g/mol. The van der Waals surface area contributed by atoms with Crippen molar-refractivity contribution in [3.63, 3.8) is 0 Å². The molecule has 0 radical (unpaired) electrons. The highest BCUT2D eigenvalue weighted by Crippen LogP contribution is 2.46. The Kier molecular flexibility index (Phi) is 22.8. The van der Waals surface area contributed by atoms with Crippen molar-refractivity contribution in [2.75, 3.05) is 0 Å². The van der Waals surface area contributed by atoms with Crippen molar-refractivity contribution in [1.82, 2.24) is 0 Å². The zero-order valence-electron chi connectivity index (χ0n) is 57.3. The van der Waals surface area contributed by atoms with E-state index in [1.165, 1.54) is 44.1 Å². The molecule has 2 aliphatic carbocycles. The Morgan fingerprint density at radius 3 is 0.967 bits per heavy atom. The van der Waals surface area contributed by atoms with Crippen LogP contribution < -0.4 is 0 Å². The Balaban J connectivity index is 0.000000171. The van der Waals surface area contributed by atoms with Crippen molar-refractivity contribution < 1.29 is 38.1 Å². The van der Waals surface area contributed by atoms with Crippen LogP contribution in [0.5, 0.6) is 0 Å². The second kappa shape index (κ2) is 29.3. The van der Waals surface area contributed by atoms with Gasteiger partial charge in [-0.15, -0.1) is 0 Å². The summed E-state index contributed by atoms with van der Waals surface area (Å²) in [6, 6.07) is 58.7. The van der Waals surface area contributed by atoms with Gasteiger partial charge in [-0.2, -0.15) is 0 Å². The molecule has 0 bridgehead atoms. The van der Waals surface area contributed by atoms with E-state index in [1.807, 2.05) is 134 Å². The molecule has 0 aliphatic heterocycles. The van der Waals surface area contributed by atoms with Crippen LogP contribution >= 0.6 is 0 Å². The molecule has 0 amide bonds. The predicted octanol–water partition coefficient (Wildman–Crippen LogP) is 22.1. The van der Waals surface area contributed by atoms with E-state index in [0.29, 0.717) is 0 Å². The maximum absolute atomic E-state index is 12.8. The van der Waals surface area contributed by atoms with E-state index in [4.69, 9.17) is 18.9 Å². The van der Waals surface area contributed by atoms with Gasteiger partial charge in [0.2, 0.25) is 0 Å². The molecule has 1 unspecified atom stereocenters. The van der Waals surface area contributed by atoms with E-state index in [-0.39, 0.29) is 23.9 Å². The highest BCUT2D eigenvalue weighted by Gasteiger charge is 2.44. The molecule has 480 valence electrons. The minimum atomic E-state index is -0.631. The van der Waals surface area contributed by atoms with E-state index >= 15 is 0 Å². The Morgan fingerprint density at radius 1 is 0.322 bits per heavy atom. The van der Waals surface area contributed by atoms with Crippen molar-refractivity contribution in [2.24, 2.45) is 21.7 Å². The Labute approximate surface area is 539 Å². The number of carbonyl (C=O) groups is 4. The van der Waals surface area contributed by atoms with Crippen LogP contribution in [-0.2, 0) is 60.5 Å². The lowest BCUT2D eigenvalue weighted by molar-refractivity contribution is -0.176. The molecule has 2 aliphatic rings. The third kappa shape index (κ3) is 16.8. The maximum atomic E-state index is 12.8. The van der Waals surface area contributed by atoms with Gasteiger partial charge in [0.1, 0.15) is 22.4 Å². The first-order valence-corrected chi connectivity index (χ1v) is 33.4. The molecular formula is C82H104O8. The molecule has 8 nitrogen and oxygen atoms in total. The molecule has 0 heterocycles. The van der Waals surface area contributed by atoms with E-state index in [1.54, 1.807) is 0 Å². The predicted molar refractivity (Wildman–Crippen MR) is 372 cm³/mol. The van der Waals surface area contributed by atoms with E-state index in [9.17, 15) is 19.2 Å². The first kappa shape index (κ1) is 70.1. The molecule has 8 heteroatoms. The van der Waals surface area contributed by atoms with Crippen molar-refractivity contribution in [3.05, 3.63) is 192 Å². The van der Waals surface area contributed by atoms with Gasteiger partial charge in [0.25, 0.3) is 0 Å². The smallest absolute Gasteiger partial charge is 0.312 e. The minimum Gasteiger partial charge on any atom is -0.454 e. The molecule has 8 aromatic rings. The normalized spacial score (nSPS) is 15.6. The fraction of sp³-hybridized carbons (Fsp3) is 0.463. The van der Waals surface area contributed by atoms with Gasteiger partial charge in [-0.25, -0.2) is 0 Å². The maximum Gasteiger partial charge on any atom is 0.312 e. The molecule has 0 N–H and O–H groups in total. The van der Waals surface area contributed by atoms with Crippen LogP contribution in [-0.4, -0.2) is 23.9 Å². The van der Waals surface area contributed by atoms with Gasteiger partial charge in [-0.3, -0.25) is 19.2 Å². The summed E-state index contributed by atoms with van der Waals surface area (Å²) in [5.41, 5.74) is 0.501. The second-order valence-corrected chi connectivity index (χ2v) is 28.6. The first-order chi connectivity index (χ1) is 42.5. The van der Waals surface area contributed by atoms with E-state index < -0.39 is 44.1 Å². The van der Waals surface area contributed by atoms with Crippen molar-refractivity contribution in [2.45, 2.75) is 223 Å². The third-order valence-corrected chi connectivity index (χ3v) is 20.1. The topological polar surface area (TPSA) is 105 Å². The van der Waals surface area contributed by atoms with Crippen LogP contribution in [0.4, 0.5) is 0 Å². The summed E-state index contributed by atoms with van der Waals surface area (Å²) in [7, 11) is 0. The lowest BCUT2D eigenvalue weighted by atomic mass is 9.78. The van der Waals surface area contributed by atoms with Crippen LogP contribution in [0.3, 0.4) is 0 Å². The zero-order valence-corrected chi connectivity index (χ0v) is 57.3. The summed E-state index contributed by atoms with van der Waals surface area (Å²) < 4.78 is 24.1. The number of hydrogen-bond acceptors (Lipinski definition) is 8. The molecule has 10 rings (SSSR count). The number of rotatable bonds is 17. The summed E-state index contributed by atoms with van der Waals surface area (Å²) in [4.78, 5) is 50.3. The standard InChI is InChI=1S/C22H28O2.C21H26O2.C20H26O2.C19H24O2/c1-4-21(2,3)20(23)24-22(14-8-5-9-15-22)19-13-12-17-10-6-7-11-18(17)16-19;1-4-20(2,3)19(22)23-21(13-7-8-14-21)18-12-11-16-9-5-6-10-17(16)15-18;1-6-19(3,4)18(21)22-20(5,7-2)17-13-12-15-10-8-9-11-16(15)14-17;1-6-18(2,3)17(20)21-19(4,5)16-12-11-14-9-7-8-10-15(14)13-16/h6-7,10-13,16H,4-5,8-9,14-15H2,1-3H3;5-6,9-12,15H,4,7-8,13-14H2,1-3H3;8-14H,6-7H2,1-5H3;7-13H,6H2,1-5H3. The van der Waals surface area contributed by atoms with Gasteiger partial charge in [-0.1, -0.05) is 187 Å². The second-order valence-electron chi connectivity index (χ2n) is 28.6. The molecular weight excluding hydrogens is 1110 g/mol. The van der Waals surface area contributed by atoms with Gasteiger partial charge in [0, 0.05) is 0 Å². The fourth-order valence-corrected chi connectivity index (χ4v) is 11.3. The van der Waals surface area contributed by atoms with E-state index in [0.717, 1.165) is 111 Å². The van der Waals surface area contributed by atoms with Gasteiger partial charge >= 0.3 is 23.9 Å². The quantitative estimate of drug-likeness (QED) is 0.0656. The summed E-state index contributed by atoms with van der Waals surface area (Å²) in [5, 5.41) is 9.60. The van der Waals surface area contributed by atoms with Crippen LogP contribution in [0.2, 0.25) is 0 Å². The lowest BCUT2D eigenvalue weighted by Crippen LogP contribution is -2.39. The summed E-state index contributed by atoms with van der Waals surface area (Å²) in [6.45, 7) is 31.7. The van der Waals surface area contributed by atoms with Crippen molar-refractivity contribution in [3.8, 4) is 0 Å². The molecule has 0 spiro atoms. The average Bonchev–Trinajstić information content (AvgIpc) is 1.29. The molecule has 2 fully saturated rings. The SMILES string of the molecule is CCC(C)(C)C(=O)OC(C)(C)c1ccc2ccccc2c1.CCC(C)(C)C(=O)OC(C)(CC)c1ccc2ccccc2c1.CCC(C)(C)C(=O)OC1(c2ccc3ccccc3c2)CCCC1.CCC(C)(C)C(=O)OC1(c2ccc3ccccc3c2)CCCCC1. The largest absolute Gasteiger partial charge is 0.454 e. The number of carbonyl (C=O) groups excluding carboxylic acids is 4. The van der Waals surface area contributed by atoms with Crippen LogP contribution in [0, 0.1) is 21.7 Å². The minimum absolute atomic E-state index is 0.0694. The average molecular weight is 1220 g/mol. The molecule has 0 saturated heterocycles. The summed E-state index contributed by atoms with van der Waals surface area (Å²) >= 11 is 0. The van der Waals surface area contributed by atoms with Gasteiger partial charge in [-0.05, 0) is 249 Å². The lowest BCUT2D eigenvalue weighted by Gasteiger charge is -2.39. The Morgan fingerprint density at radius 2 is 0.611 bits per heavy atom. The molecule has 2 saturated carbocycles. The Hall–Kier alpha value is -7.32. The molecule has 0 aromatic heterocycles. The van der Waals surface area contributed by atoms with Gasteiger partial charge < -0.3 is 18.9 Å². The van der Waals surface area contributed by atoms with Gasteiger partial charge in [0.05, 0.1) is 21.7 Å². The van der Waals surface area contributed by atoms with Crippen molar-refractivity contribution in [1.29, 1.82) is 0 Å². The zero-order chi connectivity index (χ0) is 65.8. The third-order valence-electron chi connectivity index (χ3n) is 20.1. The molecule has 1 atom stereocenters. The van der Waals surface area contributed by atoms with Crippen LogP contribution in [0.15, 0.2) is 170 Å². The fourth-order valence-electron chi connectivity index (χ4n) is 11.3. The number of ether oxygens (including phenoxy) is 4. The highest BCUT2D eigenvalue weighted by atomic mass is 16.6. The summed E-state index contributed by atoms with van der Waals surface area (Å²) in [6.07, 6.45) is 13.3. The Bertz CT molecular complexity index is 3740. The summed E-state index contributed by atoms with van der Waals surface area (Å²) in [5.74, 6) is -0.425.